The Morgan fingerprint density at radius 1 is 0.975 bits per heavy atom. The van der Waals surface area contributed by atoms with Crippen molar-refractivity contribution in [3.05, 3.63) is 11.6 Å². The van der Waals surface area contributed by atoms with Gasteiger partial charge in [0.05, 0.1) is 17.8 Å². The van der Waals surface area contributed by atoms with Crippen molar-refractivity contribution >= 4 is 0 Å². The fraction of sp³-hybridized carbons (Fsp3) is 0.941. The average Bonchev–Trinajstić information content (AvgIpc) is 3.25. The van der Waals surface area contributed by atoms with Gasteiger partial charge in [-0.15, -0.1) is 0 Å². The molecule has 0 bridgehead atoms. The second kappa shape index (κ2) is 11.2. The summed E-state index contributed by atoms with van der Waals surface area (Å²) in [5.74, 6) is 4.10. The van der Waals surface area contributed by atoms with E-state index in [0.29, 0.717) is 17.3 Å². The first-order chi connectivity index (χ1) is 18.7. The molecule has 230 valence electrons. The lowest BCUT2D eigenvalue weighted by Crippen LogP contribution is -2.58. The number of hydrogen-bond donors (Lipinski definition) is 4. The van der Waals surface area contributed by atoms with Crippen molar-refractivity contribution in [1.29, 1.82) is 0 Å². The van der Waals surface area contributed by atoms with Crippen LogP contribution >= 0.6 is 0 Å². The molecule has 4 N–H and O–H groups in total. The van der Waals surface area contributed by atoms with E-state index in [1.165, 1.54) is 44.1 Å². The molecule has 14 atom stereocenters. The summed E-state index contributed by atoms with van der Waals surface area (Å²) in [4.78, 5) is 0. The average molecular weight is 563 g/mol. The largest absolute Gasteiger partial charge is 0.390 e. The third-order valence-electron chi connectivity index (χ3n) is 13.2. The number of fused-ring (bicyclic) bond motifs is 5. The molecular weight excluding hydrogens is 504 g/mol. The van der Waals surface area contributed by atoms with Crippen molar-refractivity contribution in [2.24, 2.45) is 46.3 Å². The van der Waals surface area contributed by atoms with Gasteiger partial charge < -0.3 is 29.9 Å². The molecule has 0 aromatic heterocycles. The highest BCUT2D eigenvalue weighted by molar-refractivity contribution is 5.25. The fourth-order valence-corrected chi connectivity index (χ4v) is 10.1. The van der Waals surface area contributed by atoms with Crippen molar-refractivity contribution in [2.45, 2.75) is 155 Å². The van der Waals surface area contributed by atoms with Gasteiger partial charge in [0.15, 0.2) is 6.29 Å². The van der Waals surface area contributed by atoms with Gasteiger partial charge in [-0.25, -0.2) is 0 Å². The van der Waals surface area contributed by atoms with E-state index >= 15 is 0 Å². The number of aliphatic hydroxyl groups is 4. The zero-order valence-corrected chi connectivity index (χ0v) is 26.2. The molecule has 1 heterocycles. The zero-order valence-electron chi connectivity index (χ0n) is 26.2. The van der Waals surface area contributed by atoms with E-state index in [9.17, 15) is 20.4 Å². The molecule has 0 radical (unpaired) electrons. The molecule has 0 unspecified atom stereocenters. The second-order valence-corrected chi connectivity index (χ2v) is 15.8. The van der Waals surface area contributed by atoms with Crippen molar-refractivity contribution in [3.8, 4) is 0 Å². The van der Waals surface area contributed by atoms with Gasteiger partial charge in [0.25, 0.3) is 0 Å². The minimum atomic E-state index is -1.25. The summed E-state index contributed by atoms with van der Waals surface area (Å²) in [6.07, 6.45) is 9.15. The Hall–Kier alpha value is -0.500. The van der Waals surface area contributed by atoms with E-state index in [1.807, 2.05) is 13.8 Å². The molecule has 1 aliphatic heterocycles. The lowest BCUT2D eigenvalue weighted by atomic mass is 9.47. The van der Waals surface area contributed by atoms with Crippen LogP contribution in [0.4, 0.5) is 0 Å². The molecule has 6 heteroatoms. The molecule has 5 rings (SSSR count). The first-order valence-corrected chi connectivity index (χ1v) is 16.4. The molecule has 5 aliphatic rings. The van der Waals surface area contributed by atoms with E-state index in [-0.39, 0.29) is 11.5 Å². The van der Waals surface area contributed by atoms with Crippen LogP contribution in [0.1, 0.15) is 113 Å². The number of aliphatic hydroxyl groups excluding tert-OH is 3. The normalized spacial score (nSPS) is 48.9. The predicted molar refractivity (Wildman–Crippen MR) is 156 cm³/mol. The highest BCUT2D eigenvalue weighted by atomic mass is 16.7. The summed E-state index contributed by atoms with van der Waals surface area (Å²) in [6, 6.07) is 0. The summed E-state index contributed by atoms with van der Waals surface area (Å²) < 4.78 is 12.0. The first-order valence-electron chi connectivity index (χ1n) is 16.4. The molecule has 4 fully saturated rings. The van der Waals surface area contributed by atoms with E-state index < -0.39 is 36.3 Å². The second-order valence-electron chi connectivity index (χ2n) is 15.8. The highest BCUT2D eigenvalue weighted by Gasteiger charge is 2.59. The number of ether oxygens (including phenoxy) is 2. The van der Waals surface area contributed by atoms with Crippen molar-refractivity contribution in [2.75, 3.05) is 0 Å². The van der Waals surface area contributed by atoms with Crippen LogP contribution in [0.5, 0.6) is 0 Å². The van der Waals surface area contributed by atoms with Gasteiger partial charge in [0.1, 0.15) is 18.3 Å². The Morgan fingerprint density at radius 2 is 1.70 bits per heavy atom. The number of hydrogen-bond acceptors (Lipinski definition) is 6. The standard InChI is InChI=1S/C34H58O6/c1-19(8-9-20(2)32(4,5)38)25-12-13-26-24-11-10-22-18-23(40-31-30(37)29(36)28(35)21(3)39-31)14-16-33(22,6)27(24)15-17-34(25,26)7/h10,19-21,23-31,35-38H,8-9,11-18H2,1-7H3/t19-,20+,21+,23+,24+,25-,26+,27+,28-,29-,30+,31+,33+,34-/m1/s1. The molecule has 0 aromatic rings. The van der Waals surface area contributed by atoms with Gasteiger partial charge in [-0.1, -0.05) is 45.8 Å². The summed E-state index contributed by atoms with van der Waals surface area (Å²) in [7, 11) is 0. The molecule has 40 heavy (non-hydrogen) atoms. The topological polar surface area (TPSA) is 99.4 Å². The van der Waals surface area contributed by atoms with E-state index in [4.69, 9.17) is 9.47 Å². The van der Waals surface area contributed by atoms with Crippen molar-refractivity contribution in [3.63, 3.8) is 0 Å². The van der Waals surface area contributed by atoms with E-state index in [0.717, 1.165) is 49.4 Å². The smallest absolute Gasteiger partial charge is 0.186 e. The van der Waals surface area contributed by atoms with Gasteiger partial charge >= 0.3 is 0 Å². The van der Waals surface area contributed by atoms with Crippen molar-refractivity contribution in [1.82, 2.24) is 0 Å². The molecule has 4 aliphatic carbocycles. The summed E-state index contributed by atoms with van der Waals surface area (Å²) >= 11 is 0. The minimum absolute atomic E-state index is 0.0398. The Labute approximate surface area is 242 Å². The Bertz CT molecular complexity index is 928. The van der Waals surface area contributed by atoms with Gasteiger partial charge in [-0.3, -0.25) is 0 Å². The van der Waals surface area contributed by atoms with Gasteiger partial charge in [-0.05, 0) is 125 Å². The quantitative estimate of drug-likeness (QED) is 0.302. The van der Waals surface area contributed by atoms with Gasteiger partial charge in [-0.2, -0.15) is 0 Å². The van der Waals surface area contributed by atoms with Crippen molar-refractivity contribution < 1.29 is 29.9 Å². The Balaban J connectivity index is 1.24. The van der Waals surface area contributed by atoms with Crippen LogP contribution < -0.4 is 0 Å². The first kappa shape index (κ1) is 30.9. The third-order valence-corrected chi connectivity index (χ3v) is 13.2. The molecule has 3 saturated carbocycles. The number of rotatable bonds is 7. The van der Waals surface area contributed by atoms with Gasteiger partial charge in [0, 0.05) is 0 Å². The maximum absolute atomic E-state index is 10.5. The summed E-state index contributed by atoms with van der Waals surface area (Å²) in [6.45, 7) is 15.4. The van der Waals surface area contributed by atoms with Crippen LogP contribution in [0.2, 0.25) is 0 Å². The Morgan fingerprint density at radius 3 is 2.40 bits per heavy atom. The van der Waals surface area contributed by atoms with Crippen LogP contribution in [-0.2, 0) is 9.47 Å². The molecule has 1 saturated heterocycles. The monoisotopic (exact) mass is 562 g/mol. The van der Waals surface area contributed by atoms with E-state index in [2.05, 4.69) is 33.8 Å². The predicted octanol–water partition coefficient (Wildman–Crippen LogP) is 5.60. The summed E-state index contributed by atoms with van der Waals surface area (Å²) in [5.41, 5.74) is 1.56. The molecule has 6 nitrogen and oxygen atoms in total. The molecule has 0 spiro atoms. The van der Waals surface area contributed by atoms with E-state index in [1.54, 1.807) is 6.92 Å². The lowest BCUT2D eigenvalue weighted by Gasteiger charge is -2.58. The SMILES string of the molecule is C[C@H](CC[C@H](C)C(C)(C)O)[C@H]1CC[C@H]2[C@@H]3CC=C4C[C@@H](O[C@@H]5O[C@@H](C)[C@@H](O)[C@@H](O)[C@@H]5O)CC[C@]4(C)[C@H]3CC[C@]12C. The van der Waals surface area contributed by atoms with Crippen LogP contribution in [-0.4, -0.2) is 62.8 Å². The maximum atomic E-state index is 10.5. The zero-order chi connectivity index (χ0) is 29.2. The summed E-state index contributed by atoms with van der Waals surface area (Å²) in [5, 5.41) is 41.2. The third kappa shape index (κ3) is 5.36. The van der Waals surface area contributed by atoms with Crippen LogP contribution in [0, 0.1) is 46.3 Å². The highest BCUT2D eigenvalue weighted by Crippen LogP contribution is 2.67. The van der Waals surface area contributed by atoms with Crippen LogP contribution in [0.15, 0.2) is 11.6 Å². The molecular formula is C34H58O6. The van der Waals surface area contributed by atoms with Crippen LogP contribution in [0.25, 0.3) is 0 Å². The van der Waals surface area contributed by atoms with Gasteiger partial charge in [0.2, 0.25) is 0 Å². The molecule has 0 aromatic carbocycles. The number of allylic oxidation sites excluding steroid dienone is 1. The maximum Gasteiger partial charge on any atom is 0.186 e. The lowest BCUT2D eigenvalue weighted by molar-refractivity contribution is -0.305. The van der Waals surface area contributed by atoms with Crippen LogP contribution in [0.3, 0.4) is 0 Å². The molecule has 0 amide bonds. The Kier molecular flexibility index (Phi) is 8.67. The fourth-order valence-electron chi connectivity index (χ4n) is 10.1. The minimum Gasteiger partial charge on any atom is -0.390 e.